The minimum Gasteiger partial charge on any atom is -0.445 e. The highest BCUT2D eigenvalue weighted by molar-refractivity contribution is 5.68. The smallest absolute Gasteiger partial charge is 0.408 e. The summed E-state index contributed by atoms with van der Waals surface area (Å²) in [6.07, 6.45) is 1.18. The van der Waals surface area contributed by atoms with E-state index in [1.807, 2.05) is 60.7 Å². The molecule has 0 fully saturated rings. The highest BCUT2D eigenvalue weighted by atomic mass is 16.5. The van der Waals surface area contributed by atoms with Gasteiger partial charge in [-0.2, -0.15) is 5.10 Å². The summed E-state index contributed by atoms with van der Waals surface area (Å²) in [5.74, 6) is 5.91. The van der Waals surface area contributed by atoms with Crippen molar-refractivity contribution in [2.45, 2.75) is 6.61 Å². The summed E-state index contributed by atoms with van der Waals surface area (Å²) in [5, 5.41) is 9.59. The van der Waals surface area contributed by atoms with Crippen molar-refractivity contribution in [3.63, 3.8) is 0 Å². The van der Waals surface area contributed by atoms with E-state index in [4.69, 9.17) is 4.74 Å². The van der Waals surface area contributed by atoms with Gasteiger partial charge in [0.15, 0.2) is 0 Å². The van der Waals surface area contributed by atoms with Crippen molar-refractivity contribution < 1.29 is 9.53 Å². The summed E-state index contributed by atoms with van der Waals surface area (Å²) >= 11 is 0. The summed E-state index contributed by atoms with van der Waals surface area (Å²) in [7, 11) is 0. The number of hydrogen-bond acceptors (Lipinski definition) is 3. The Labute approximate surface area is 146 Å². The SMILES string of the molecule is O=C(NCC#Cc1cn[nH]c1-c1ccccc1)OCc1ccccc1. The number of nitrogens with zero attached hydrogens (tertiary/aromatic N) is 1. The topological polar surface area (TPSA) is 67.0 Å². The summed E-state index contributed by atoms with van der Waals surface area (Å²) in [6, 6.07) is 19.4. The Balaban J connectivity index is 1.50. The summed E-state index contributed by atoms with van der Waals surface area (Å²) < 4.78 is 5.12. The first kappa shape index (κ1) is 16.3. The Morgan fingerprint density at radius 3 is 2.56 bits per heavy atom. The number of alkyl carbamates (subject to hydrolysis) is 1. The molecule has 2 N–H and O–H groups in total. The second-order valence-electron chi connectivity index (χ2n) is 5.24. The number of benzene rings is 2. The second kappa shape index (κ2) is 8.37. The van der Waals surface area contributed by atoms with Crippen molar-refractivity contribution in [3.8, 4) is 23.1 Å². The zero-order valence-corrected chi connectivity index (χ0v) is 13.5. The van der Waals surface area contributed by atoms with Gasteiger partial charge in [-0.3, -0.25) is 5.10 Å². The van der Waals surface area contributed by atoms with Crippen LogP contribution in [-0.2, 0) is 11.3 Å². The Kier molecular flexibility index (Phi) is 5.47. The van der Waals surface area contributed by atoms with Crippen LogP contribution in [0.5, 0.6) is 0 Å². The fourth-order valence-electron chi connectivity index (χ4n) is 2.24. The summed E-state index contributed by atoms with van der Waals surface area (Å²) in [5.41, 5.74) is 3.60. The lowest BCUT2D eigenvalue weighted by Crippen LogP contribution is -2.24. The van der Waals surface area contributed by atoms with Crippen molar-refractivity contribution in [2.75, 3.05) is 6.54 Å². The van der Waals surface area contributed by atoms with Gasteiger partial charge in [-0.25, -0.2) is 4.79 Å². The van der Waals surface area contributed by atoms with Crippen LogP contribution in [0.1, 0.15) is 11.1 Å². The van der Waals surface area contributed by atoms with Crippen LogP contribution < -0.4 is 5.32 Å². The molecule has 1 amide bonds. The van der Waals surface area contributed by atoms with E-state index in [2.05, 4.69) is 27.4 Å². The Morgan fingerprint density at radius 1 is 1.08 bits per heavy atom. The normalized spacial score (nSPS) is 9.76. The van der Waals surface area contributed by atoms with Crippen LogP contribution in [0.3, 0.4) is 0 Å². The van der Waals surface area contributed by atoms with E-state index in [-0.39, 0.29) is 13.2 Å². The number of aromatic amines is 1. The van der Waals surface area contributed by atoms with E-state index in [0.29, 0.717) is 0 Å². The molecule has 3 aromatic rings. The van der Waals surface area contributed by atoms with Gasteiger partial charge in [0.2, 0.25) is 0 Å². The predicted molar refractivity (Wildman–Crippen MR) is 95.5 cm³/mol. The molecular formula is C20H17N3O2. The summed E-state index contributed by atoms with van der Waals surface area (Å²) in [4.78, 5) is 11.6. The minimum atomic E-state index is -0.492. The molecule has 5 heteroatoms. The maximum absolute atomic E-state index is 11.6. The highest BCUT2D eigenvalue weighted by Gasteiger charge is 2.04. The lowest BCUT2D eigenvalue weighted by molar-refractivity contribution is 0.141. The first-order valence-electron chi connectivity index (χ1n) is 7.85. The quantitative estimate of drug-likeness (QED) is 0.721. The van der Waals surface area contributed by atoms with E-state index in [1.54, 1.807) is 6.20 Å². The fraction of sp³-hybridized carbons (Fsp3) is 0.100. The Bertz CT molecular complexity index is 877. The number of carbonyl (C=O) groups is 1. The van der Waals surface area contributed by atoms with Crippen LogP contribution >= 0.6 is 0 Å². The third kappa shape index (κ3) is 4.72. The summed E-state index contributed by atoms with van der Waals surface area (Å²) in [6.45, 7) is 0.438. The van der Waals surface area contributed by atoms with Gasteiger partial charge in [-0.1, -0.05) is 72.5 Å². The van der Waals surface area contributed by atoms with Crippen LogP contribution in [0.25, 0.3) is 11.3 Å². The number of ether oxygens (including phenoxy) is 1. The molecule has 0 aliphatic rings. The molecule has 0 spiro atoms. The van der Waals surface area contributed by atoms with Gasteiger partial charge in [0.1, 0.15) is 6.61 Å². The number of nitrogens with one attached hydrogen (secondary N) is 2. The first-order chi connectivity index (χ1) is 12.3. The zero-order valence-electron chi connectivity index (χ0n) is 13.5. The maximum atomic E-state index is 11.6. The number of rotatable bonds is 4. The van der Waals surface area contributed by atoms with Crippen molar-refractivity contribution in [3.05, 3.63) is 78.0 Å². The fourth-order valence-corrected chi connectivity index (χ4v) is 2.24. The van der Waals surface area contributed by atoms with Crippen LogP contribution in [-0.4, -0.2) is 22.8 Å². The number of H-pyrrole nitrogens is 1. The molecule has 1 heterocycles. The molecule has 0 aliphatic carbocycles. The van der Waals surface area contributed by atoms with Gasteiger partial charge >= 0.3 is 6.09 Å². The molecular weight excluding hydrogens is 314 g/mol. The molecule has 0 unspecified atom stereocenters. The molecule has 0 radical (unpaired) electrons. The van der Waals surface area contributed by atoms with Gasteiger partial charge in [-0.05, 0) is 5.56 Å². The molecule has 0 saturated heterocycles. The molecule has 124 valence electrons. The van der Waals surface area contributed by atoms with Crippen LogP contribution in [0.2, 0.25) is 0 Å². The van der Waals surface area contributed by atoms with Crippen LogP contribution in [0.4, 0.5) is 4.79 Å². The van der Waals surface area contributed by atoms with Crippen LogP contribution in [0, 0.1) is 11.8 Å². The monoisotopic (exact) mass is 331 g/mol. The van der Waals surface area contributed by atoms with E-state index < -0.39 is 6.09 Å². The highest BCUT2D eigenvalue weighted by Crippen LogP contribution is 2.19. The molecule has 2 aromatic carbocycles. The lowest BCUT2D eigenvalue weighted by Gasteiger charge is -2.04. The third-order valence-electron chi connectivity index (χ3n) is 3.46. The van der Waals surface area contributed by atoms with Crippen molar-refractivity contribution in [2.24, 2.45) is 0 Å². The lowest BCUT2D eigenvalue weighted by atomic mass is 10.1. The number of amides is 1. The molecule has 0 aliphatic heterocycles. The number of carbonyl (C=O) groups excluding carboxylic acids is 1. The molecule has 0 atom stereocenters. The molecule has 0 bridgehead atoms. The van der Waals surface area contributed by atoms with E-state index in [0.717, 1.165) is 22.4 Å². The van der Waals surface area contributed by atoms with Gasteiger partial charge in [0.25, 0.3) is 0 Å². The molecule has 1 aromatic heterocycles. The molecule has 3 rings (SSSR count). The van der Waals surface area contributed by atoms with Gasteiger partial charge < -0.3 is 10.1 Å². The molecule has 0 saturated carbocycles. The van der Waals surface area contributed by atoms with Gasteiger partial charge in [-0.15, -0.1) is 0 Å². The number of aromatic nitrogens is 2. The largest absolute Gasteiger partial charge is 0.445 e. The second-order valence-corrected chi connectivity index (χ2v) is 5.24. The first-order valence-corrected chi connectivity index (χ1v) is 7.85. The van der Waals surface area contributed by atoms with Crippen molar-refractivity contribution in [1.29, 1.82) is 0 Å². The van der Waals surface area contributed by atoms with Crippen LogP contribution in [0.15, 0.2) is 66.9 Å². The Morgan fingerprint density at radius 2 is 1.80 bits per heavy atom. The van der Waals surface area contributed by atoms with Gasteiger partial charge in [0.05, 0.1) is 24.0 Å². The maximum Gasteiger partial charge on any atom is 0.408 e. The predicted octanol–water partition coefficient (Wildman–Crippen LogP) is 3.35. The van der Waals surface area contributed by atoms with Crippen molar-refractivity contribution in [1.82, 2.24) is 15.5 Å². The molecule has 5 nitrogen and oxygen atoms in total. The zero-order chi connectivity index (χ0) is 17.3. The van der Waals surface area contributed by atoms with E-state index in [9.17, 15) is 4.79 Å². The minimum absolute atomic E-state index is 0.201. The average molecular weight is 331 g/mol. The standard InChI is InChI=1S/C20H17N3O2/c24-20(25-15-16-8-3-1-4-9-16)21-13-7-12-18-14-22-23-19(18)17-10-5-2-6-11-17/h1-6,8-11,14H,13,15H2,(H,21,24)(H,22,23). The third-order valence-corrected chi connectivity index (χ3v) is 3.46. The number of hydrogen-bond donors (Lipinski definition) is 2. The molecule has 25 heavy (non-hydrogen) atoms. The average Bonchev–Trinajstić information content (AvgIpc) is 3.14. The van der Waals surface area contributed by atoms with Gasteiger partial charge in [0, 0.05) is 5.56 Å². The van der Waals surface area contributed by atoms with E-state index in [1.165, 1.54) is 0 Å². The van der Waals surface area contributed by atoms with E-state index >= 15 is 0 Å². The van der Waals surface area contributed by atoms with Crippen molar-refractivity contribution >= 4 is 6.09 Å². The Hall–Kier alpha value is -3.52.